The summed E-state index contributed by atoms with van der Waals surface area (Å²) in [7, 11) is 3.36. The van der Waals surface area contributed by atoms with Crippen LogP contribution < -0.4 is 14.4 Å². The third-order valence-electron chi connectivity index (χ3n) is 5.10. The molecule has 0 saturated carbocycles. The molecule has 1 fully saturated rings. The fraction of sp³-hybridized carbons (Fsp3) is 0.391. The molecule has 0 radical (unpaired) electrons. The summed E-state index contributed by atoms with van der Waals surface area (Å²) in [5.74, 6) is 2.54. The zero-order valence-electron chi connectivity index (χ0n) is 17.3. The predicted octanol–water partition coefficient (Wildman–Crippen LogP) is 4.77. The lowest BCUT2D eigenvalue weighted by Gasteiger charge is -2.37. The largest absolute Gasteiger partial charge is 0.493 e. The van der Waals surface area contributed by atoms with Gasteiger partial charge in [-0.2, -0.15) is 0 Å². The number of para-hydroxylation sites is 1. The summed E-state index contributed by atoms with van der Waals surface area (Å²) in [6.07, 6.45) is 2.99. The van der Waals surface area contributed by atoms with E-state index in [9.17, 15) is 0 Å². The standard InChI is InChI=1S/C23H30N2O2S.ClH/c1-4-17-28-23-8-6-5-7-20(23)25-15-13-24(14-16-25)12-11-19-9-10-21(26-2)22(18-19)27-3;/h4-10,18H,1,11-17H2,2-3H3;1H. The Kier molecular flexibility index (Phi) is 9.71. The van der Waals surface area contributed by atoms with Crippen molar-refractivity contribution in [1.82, 2.24) is 4.90 Å². The van der Waals surface area contributed by atoms with Crippen LogP contribution in [0, 0.1) is 0 Å². The Morgan fingerprint density at radius 1 is 1.00 bits per heavy atom. The molecular formula is C23H31ClN2O2S. The molecule has 0 N–H and O–H groups in total. The first-order chi connectivity index (χ1) is 13.7. The Morgan fingerprint density at radius 2 is 1.72 bits per heavy atom. The van der Waals surface area contributed by atoms with E-state index in [0.29, 0.717) is 0 Å². The third-order valence-corrected chi connectivity index (χ3v) is 6.16. The van der Waals surface area contributed by atoms with E-state index in [1.54, 1.807) is 14.2 Å². The van der Waals surface area contributed by atoms with Gasteiger partial charge in [0.25, 0.3) is 0 Å². The number of rotatable bonds is 9. The lowest BCUT2D eigenvalue weighted by molar-refractivity contribution is 0.260. The molecule has 0 amide bonds. The van der Waals surface area contributed by atoms with Crippen molar-refractivity contribution < 1.29 is 9.47 Å². The molecule has 0 atom stereocenters. The number of ether oxygens (including phenoxy) is 2. The van der Waals surface area contributed by atoms with Gasteiger partial charge in [0, 0.05) is 43.4 Å². The molecule has 2 aromatic rings. The van der Waals surface area contributed by atoms with E-state index in [1.165, 1.54) is 16.1 Å². The van der Waals surface area contributed by atoms with Gasteiger partial charge in [-0.05, 0) is 36.2 Å². The molecule has 1 heterocycles. The number of hydrogen-bond donors (Lipinski definition) is 0. The highest BCUT2D eigenvalue weighted by molar-refractivity contribution is 7.99. The van der Waals surface area contributed by atoms with Crippen molar-refractivity contribution in [1.29, 1.82) is 0 Å². The van der Waals surface area contributed by atoms with Crippen LogP contribution in [0.1, 0.15) is 5.56 Å². The number of anilines is 1. The van der Waals surface area contributed by atoms with Gasteiger partial charge in [0.1, 0.15) is 0 Å². The number of halogens is 1. The van der Waals surface area contributed by atoms with E-state index in [0.717, 1.165) is 56.4 Å². The first kappa shape index (κ1) is 23.5. The number of thioether (sulfide) groups is 1. The van der Waals surface area contributed by atoms with E-state index in [4.69, 9.17) is 9.47 Å². The molecule has 3 rings (SSSR count). The highest BCUT2D eigenvalue weighted by atomic mass is 35.5. The quantitative estimate of drug-likeness (QED) is 0.418. The summed E-state index contributed by atoms with van der Waals surface area (Å²) in [5, 5.41) is 0. The molecule has 0 aromatic heterocycles. The fourth-order valence-electron chi connectivity index (χ4n) is 3.52. The average Bonchev–Trinajstić information content (AvgIpc) is 2.76. The first-order valence-corrected chi connectivity index (χ1v) is 10.7. The van der Waals surface area contributed by atoms with Gasteiger partial charge in [0.05, 0.1) is 19.9 Å². The minimum atomic E-state index is 0. The van der Waals surface area contributed by atoms with Gasteiger partial charge < -0.3 is 14.4 Å². The molecule has 0 bridgehead atoms. The van der Waals surface area contributed by atoms with E-state index in [1.807, 2.05) is 23.9 Å². The maximum absolute atomic E-state index is 5.42. The van der Waals surface area contributed by atoms with Crippen LogP contribution in [0.3, 0.4) is 0 Å². The van der Waals surface area contributed by atoms with Gasteiger partial charge in [-0.3, -0.25) is 4.90 Å². The number of benzene rings is 2. The molecule has 0 unspecified atom stereocenters. The van der Waals surface area contributed by atoms with Crippen LogP contribution in [0.5, 0.6) is 11.5 Å². The molecule has 2 aromatic carbocycles. The minimum Gasteiger partial charge on any atom is -0.493 e. The van der Waals surface area contributed by atoms with Crippen LogP contribution in [0.4, 0.5) is 5.69 Å². The van der Waals surface area contributed by atoms with Crippen molar-refractivity contribution in [2.45, 2.75) is 11.3 Å². The molecular weight excluding hydrogens is 404 g/mol. The Bertz CT molecular complexity index is 779. The Morgan fingerprint density at radius 3 is 2.41 bits per heavy atom. The zero-order chi connectivity index (χ0) is 19.8. The molecule has 0 spiro atoms. The highest BCUT2D eigenvalue weighted by Gasteiger charge is 2.19. The summed E-state index contributed by atoms with van der Waals surface area (Å²) < 4.78 is 10.7. The van der Waals surface area contributed by atoms with Gasteiger partial charge in [-0.1, -0.05) is 24.3 Å². The SMILES string of the molecule is C=CCSc1ccccc1N1CCN(CCc2ccc(OC)c(OC)c2)CC1.Cl. The predicted molar refractivity (Wildman–Crippen MR) is 127 cm³/mol. The smallest absolute Gasteiger partial charge is 0.160 e. The molecule has 4 nitrogen and oxygen atoms in total. The lowest BCUT2D eigenvalue weighted by Crippen LogP contribution is -2.47. The van der Waals surface area contributed by atoms with Crippen LogP contribution in [-0.4, -0.2) is 57.6 Å². The third kappa shape index (κ3) is 6.33. The number of hydrogen-bond acceptors (Lipinski definition) is 5. The van der Waals surface area contributed by atoms with Crippen LogP contribution >= 0.6 is 24.2 Å². The minimum absolute atomic E-state index is 0. The Hall–Kier alpha value is -1.82. The molecule has 1 aliphatic rings. The molecule has 1 aliphatic heterocycles. The molecule has 0 aliphatic carbocycles. The summed E-state index contributed by atoms with van der Waals surface area (Å²) in [6, 6.07) is 14.9. The van der Waals surface area contributed by atoms with E-state index >= 15 is 0 Å². The average molecular weight is 435 g/mol. The van der Waals surface area contributed by atoms with Crippen molar-refractivity contribution in [2.24, 2.45) is 0 Å². The maximum atomic E-state index is 5.42. The second-order valence-electron chi connectivity index (χ2n) is 6.84. The molecule has 6 heteroatoms. The van der Waals surface area contributed by atoms with Gasteiger partial charge in [0.15, 0.2) is 11.5 Å². The van der Waals surface area contributed by atoms with E-state index in [2.05, 4.69) is 52.8 Å². The van der Waals surface area contributed by atoms with Crippen molar-refractivity contribution in [3.8, 4) is 11.5 Å². The first-order valence-electron chi connectivity index (χ1n) is 9.76. The zero-order valence-corrected chi connectivity index (χ0v) is 18.9. The molecule has 158 valence electrons. The van der Waals surface area contributed by atoms with Gasteiger partial charge >= 0.3 is 0 Å². The highest BCUT2D eigenvalue weighted by Crippen LogP contribution is 2.31. The van der Waals surface area contributed by atoms with E-state index < -0.39 is 0 Å². The van der Waals surface area contributed by atoms with Crippen molar-refractivity contribution >= 4 is 29.9 Å². The van der Waals surface area contributed by atoms with Gasteiger partial charge in [0.2, 0.25) is 0 Å². The maximum Gasteiger partial charge on any atom is 0.160 e. The van der Waals surface area contributed by atoms with Crippen molar-refractivity contribution in [3.63, 3.8) is 0 Å². The van der Waals surface area contributed by atoms with Crippen molar-refractivity contribution in [3.05, 3.63) is 60.7 Å². The van der Waals surface area contributed by atoms with Crippen LogP contribution in [0.25, 0.3) is 0 Å². The Labute approximate surface area is 185 Å². The molecule has 1 saturated heterocycles. The van der Waals surface area contributed by atoms with Crippen LogP contribution in [-0.2, 0) is 6.42 Å². The number of methoxy groups -OCH3 is 2. The lowest BCUT2D eigenvalue weighted by atomic mass is 10.1. The summed E-state index contributed by atoms with van der Waals surface area (Å²) in [4.78, 5) is 6.41. The second-order valence-corrected chi connectivity index (χ2v) is 7.90. The Balaban J connectivity index is 0.00000300. The fourth-order valence-corrected chi connectivity index (χ4v) is 4.34. The van der Waals surface area contributed by atoms with Gasteiger partial charge in [-0.15, -0.1) is 30.7 Å². The summed E-state index contributed by atoms with van der Waals surface area (Å²) >= 11 is 1.86. The topological polar surface area (TPSA) is 24.9 Å². The number of nitrogens with zero attached hydrogens (tertiary/aromatic N) is 2. The second kappa shape index (κ2) is 12.0. The summed E-state index contributed by atoms with van der Waals surface area (Å²) in [6.45, 7) is 9.22. The van der Waals surface area contributed by atoms with Crippen LogP contribution in [0.2, 0.25) is 0 Å². The van der Waals surface area contributed by atoms with Gasteiger partial charge in [-0.25, -0.2) is 0 Å². The summed E-state index contributed by atoms with van der Waals surface area (Å²) in [5.41, 5.74) is 2.64. The normalized spacial score (nSPS) is 14.2. The van der Waals surface area contributed by atoms with Crippen LogP contribution in [0.15, 0.2) is 60.0 Å². The number of piperazine rings is 1. The monoisotopic (exact) mass is 434 g/mol. The van der Waals surface area contributed by atoms with Crippen molar-refractivity contribution in [2.75, 3.05) is 57.6 Å². The molecule has 29 heavy (non-hydrogen) atoms. The van der Waals surface area contributed by atoms with E-state index in [-0.39, 0.29) is 12.4 Å².